The molecule has 2 heteroatoms. The zero-order valence-corrected chi connectivity index (χ0v) is 8.39. The van der Waals surface area contributed by atoms with Crippen molar-refractivity contribution in [3.63, 3.8) is 0 Å². The van der Waals surface area contributed by atoms with Crippen LogP contribution >= 0.6 is 15.9 Å². The summed E-state index contributed by atoms with van der Waals surface area (Å²) in [5.41, 5.74) is 2.22. The molecule has 2 aromatic rings. The highest BCUT2D eigenvalue weighted by Gasteiger charge is 2.05. The molecular formula is C10H9BrO. The Bertz CT molecular complexity index is 403. The van der Waals surface area contributed by atoms with E-state index in [1.165, 1.54) is 10.9 Å². The Morgan fingerprint density at radius 1 is 1.42 bits per heavy atom. The van der Waals surface area contributed by atoms with Crippen LogP contribution in [0.3, 0.4) is 0 Å². The largest absolute Gasteiger partial charge is 0.463 e. The Balaban J connectivity index is 2.80. The molecule has 0 fully saturated rings. The molecular weight excluding hydrogens is 216 g/mol. The molecule has 0 saturated heterocycles. The third-order valence-corrected chi connectivity index (χ3v) is 2.64. The average molecular weight is 225 g/mol. The number of fused-ring (bicyclic) bond motifs is 1. The number of hydrogen-bond acceptors (Lipinski definition) is 1. The van der Waals surface area contributed by atoms with Gasteiger partial charge in [0, 0.05) is 5.39 Å². The minimum Gasteiger partial charge on any atom is -0.463 e. The molecule has 1 aromatic carbocycles. The van der Waals surface area contributed by atoms with Crippen molar-refractivity contribution in [3.05, 3.63) is 34.5 Å². The maximum Gasteiger partial charge on any atom is 0.148 e. The summed E-state index contributed by atoms with van der Waals surface area (Å²) in [4.78, 5) is 0. The Morgan fingerprint density at radius 2 is 2.25 bits per heavy atom. The lowest BCUT2D eigenvalue weighted by Gasteiger charge is -1.92. The number of hydrogen-bond donors (Lipinski definition) is 0. The number of aryl methyl sites for hydroxylation is 1. The second kappa shape index (κ2) is 2.94. The van der Waals surface area contributed by atoms with Crippen molar-refractivity contribution in [3.8, 4) is 0 Å². The maximum atomic E-state index is 5.42. The van der Waals surface area contributed by atoms with E-state index >= 15 is 0 Å². The van der Waals surface area contributed by atoms with Crippen molar-refractivity contribution >= 4 is 26.9 Å². The van der Waals surface area contributed by atoms with E-state index in [-0.39, 0.29) is 0 Å². The normalized spacial score (nSPS) is 10.8. The van der Waals surface area contributed by atoms with Gasteiger partial charge in [-0.25, -0.2) is 0 Å². The quantitative estimate of drug-likeness (QED) is 0.720. The Labute approximate surface area is 79.5 Å². The molecule has 1 nitrogen and oxygen atoms in total. The van der Waals surface area contributed by atoms with Crippen LogP contribution in [0.15, 0.2) is 33.4 Å². The Morgan fingerprint density at radius 3 is 3.00 bits per heavy atom. The molecule has 0 radical (unpaired) electrons. The first-order valence-corrected chi connectivity index (χ1v) is 4.77. The minimum atomic E-state index is 0.953. The molecule has 0 unspecified atom stereocenters. The molecule has 0 aliphatic carbocycles. The summed E-state index contributed by atoms with van der Waals surface area (Å²) in [7, 11) is 0. The third kappa shape index (κ3) is 1.07. The number of furan rings is 1. The summed E-state index contributed by atoms with van der Waals surface area (Å²) in [6.07, 6.45) is 2.85. The summed E-state index contributed by atoms with van der Waals surface area (Å²) in [6, 6.07) is 6.11. The summed E-state index contributed by atoms with van der Waals surface area (Å²) in [6.45, 7) is 2.13. The number of halogens is 1. The van der Waals surface area contributed by atoms with Gasteiger partial charge in [-0.3, -0.25) is 0 Å². The van der Waals surface area contributed by atoms with Crippen molar-refractivity contribution in [1.82, 2.24) is 0 Å². The lowest BCUT2D eigenvalue weighted by Crippen LogP contribution is -1.74. The fourth-order valence-corrected chi connectivity index (χ4v) is 1.81. The van der Waals surface area contributed by atoms with Gasteiger partial charge in [0.25, 0.3) is 0 Å². The van der Waals surface area contributed by atoms with Gasteiger partial charge >= 0.3 is 0 Å². The predicted molar refractivity (Wildman–Crippen MR) is 53.3 cm³/mol. The summed E-state index contributed by atoms with van der Waals surface area (Å²) >= 11 is 3.45. The van der Waals surface area contributed by atoms with E-state index in [1.807, 2.05) is 18.4 Å². The van der Waals surface area contributed by atoms with Gasteiger partial charge in [0.2, 0.25) is 0 Å². The molecule has 0 saturated carbocycles. The molecule has 0 atom stereocenters. The van der Waals surface area contributed by atoms with Crippen LogP contribution in [0.5, 0.6) is 0 Å². The average Bonchev–Trinajstić information content (AvgIpc) is 2.49. The first-order chi connectivity index (χ1) is 5.83. The minimum absolute atomic E-state index is 0.953. The molecule has 62 valence electrons. The van der Waals surface area contributed by atoms with Gasteiger partial charge in [-0.1, -0.05) is 19.1 Å². The summed E-state index contributed by atoms with van der Waals surface area (Å²) < 4.78 is 6.45. The first kappa shape index (κ1) is 7.87. The zero-order valence-electron chi connectivity index (χ0n) is 6.80. The molecule has 0 spiro atoms. The van der Waals surface area contributed by atoms with Gasteiger partial charge in [-0.2, -0.15) is 0 Å². The standard InChI is InChI=1S/C10H9BrO/c1-2-7-6-12-10-8(7)4-3-5-9(10)11/h3-6H,2H2,1H3. The molecule has 12 heavy (non-hydrogen) atoms. The fraction of sp³-hybridized carbons (Fsp3) is 0.200. The van der Waals surface area contributed by atoms with Crippen LogP contribution < -0.4 is 0 Å². The van der Waals surface area contributed by atoms with E-state index in [1.54, 1.807) is 0 Å². The fourth-order valence-electron chi connectivity index (χ4n) is 1.35. The van der Waals surface area contributed by atoms with Crippen LogP contribution in [0.1, 0.15) is 12.5 Å². The highest BCUT2D eigenvalue weighted by atomic mass is 79.9. The lowest BCUT2D eigenvalue weighted by atomic mass is 10.1. The van der Waals surface area contributed by atoms with Crippen LogP contribution in [-0.2, 0) is 6.42 Å². The van der Waals surface area contributed by atoms with E-state index in [0.29, 0.717) is 0 Å². The van der Waals surface area contributed by atoms with Crippen LogP contribution in [0.4, 0.5) is 0 Å². The van der Waals surface area contributed by atoms with Gasteiger partial charge < -0.3 is 4.42 Å². The smallest absolute Gasteiger partial charge is 0.148 e. The summed E-state index contributed by atoms with van der Waals surface area (Å²) in [5.74, 6) is 0. The monoisotopic (exact) mass is 224 g/mol. The van der Waals surface area contributed by atoms with E-state index in [9.17, 15) is 0 Å². The van der Waals surface area contributed by atoms with Crippen LogP contribution in [0, 0.1) is 0 Å². The van der Waals surface area contributed by atoms with Gasteiger partial charge in [-0.15, -0.1) is 0 Å². The van der Waals surface area contributed by atoms with Crippen LogP contribution in [0.2, 0.25) is 0 Å². The molecule has 0 bridgehead atoms. The highest BCUT2D eigenvalue weighted by Crippen LogP contribution is 2.27. The van der Waals surface area contributed by atoms with E-state index in [0.717, 1.165) is 16.5 Å². The predicted octanol–water partition coefficient (Wildman–Crippen LogP) is 3.76. The Hall–Kier alpha value is -0.760. The molecule has 0 N–H and O–H groups in total. The summed E-state index contributed by atoms with van der Waals surface area (Å²) in [5, 5.41) is 1.21. The Kier molecular flexibility index (Phi) is 1.93. The second-order valence-corrected chi connectivity index (χ2v) is 3.59. The molecule has 2 rings (SSSR count). The molecule has 0 aliphatic rings. The van der Waals surface area contributed by atoms with Gasteiger partial charge in [-0.05, 0) is 34.0 Å². The van der Waals surface area contributed by atoms with Crippen LogP contribution in [-0.4, -0.2) is 0 Å². The van der Waals surface area contributed by atoms with E-state index < -0.39 is 0 Å². The van der Waals surface area contributed by atoms with Crippen molar-refractivity contribution in [1.29, 1.82) is 0 Å². The highest BCUT2D eigenvalue weighted by molar-refractivity contribution is 9.10. The van der Waals surface area contributed by atoms with E-state index in [2.05, 4.69) is 28.9 Å². The van der Waals surface area contributed by atoms with E-state index in [4.69, 9.17) is 4.42 Å². The van der Waals surface area contributed by atoms with Crippen molar-refractivity contribution in [2.24, 2.45) is 0 Å². The van der Waals surface area contributed by atoms with Gasteiger partial charge in [0.05, 0.1) is 10.7 Å². The lowest BCUT2D eigenvalue weighted by molar-refractivity contribution is 0.609. The number of rotatable bonds is 1. The topological polar surface area (TPSA) is 13.1 Å². The molecule has 0 amide bonds. The molecule has 1 aromatic heterocycles. The maximum absolute atomic E-state index is 5.42. The SMILES string of the molecule is CCc1coc2c(Br)cccc12. The van der Waals surface area contributed by atoms with Crippen LogP contribution in [0.25, 0.3) is 11.0 Å². The zero-order chi connectivity index (χ0) is 8.55. The first-order valence-electron chi connectivity index (χ1n) is 3.97. The molecule has 1 heterocycles. The van der Waals surface area contributed by atoms with Gasteiger partial charge in [0.15, 0.2) is 0 Å². The number of benzene rings is 1. The second-order valence-electron chi connectivity index (χ2n) is 2.73. The molecule has 0 aliphatic heterocycles. The third-order valence-electron chi connectivity index (χ3n) is 2.01. The van der Waals surface area contributed by atoms with Crippen molar-refractivity contribution < 1.29 is 4.42 Å². The number of para-hydroxylation sites is 1. The van der Waals surface area contributed by atoms with Crippen molar-refractivity contribution in [2.75, 3.05) is 0 Å². The van der Waals surface area contributed by atoms with Gasteiger partial charge in [0.1, 0.15) is 5.58 Å². The van der Waals surface area contributed by atoms with Crippen molar-refractivity contribution in [2.45, 2.75) is 13.3 Å².